The van der Waals surface area contributed by atoms with Crippen LogP contribution >= 0.6 is 0 Å². The molecule has 1 heterocycles. The summed E-state index contributed by atoms with van der Waals surface area (Å²) in [4.78, 5) is 82.8. The van der Waals surface area contributed by atoms with Crippen molar-refractivity contribution in [2.45, 2.75) is 155 Å². The summed E-state index contributed by atoms with van der Waals surface area (Å²) < 4.78 is 35.6. The molecule has 2 unspecified atom stereocenters. The number of amides is 1. The molecule has 2 saturated carbocycles. The normalized spacial score (nSPS) is 32.8. The molecule has 1 saturated heterocycles. The molecule has 4 aliphatic rings. The number of benzene rings is 1. The predicted octanol–water partition coefficient (Wildman–Crippen LogP) is 3.81. The Morgan fingerprint density at radius 2 is 1.65 bits per heavy atom. The van der Waals surface area contributed by atoms with Crippen LogP contribution in [0.1, 0.15) is 106 Å². The second kappa shape index (κ2) is 16.7. The smallest absolute Gasteiger partial charge is 0.408 e. The van der Waals surface area contributed by atoms with Crippen molar-refractivity contribution in [2.75, 3.05) is 6.61 Å². The maximum atomic E-state index is 15.5. The van der Waals surface area contributed by atoms with Crippen molar-refractivity contribution in [3.63, 3.8) is 0 Å². The molecule has 0 spiro atoms. The first kappa shape index (κ1) is 46.4. The van der Waals surface area contributed by atoms with Crippen molar-refractivity contribution in [3.05, 3.63) is 58.7 Å². The highest BCUT2D eigenvalue weighted by atomic mass is 16.6. The number of carbonyl (C=O) groups excluding carboxylic acids is 6. The summed E-state index contributed by atoms with van der Waals surface area (Å²) in [5.74, 6) is -6.16. The van der Waals surface area contributed by atoms with Gasteiger partial charge in [-0.25, -0.2) is 14.4 Å². The zero-order valence-electron chi connectivity index (χ0n) is 36.2. The minimum absolute atomic E-state index is 0.00391. The van der Waals surface area contributed by atoms with Crippen molar-refractivity contribution < 1.29 is 72.5 Å². The molecule has 5 rings (SSSR count). The molecule has 16 nitrogen and oxygen atoms in total. The Morgan fingerprint density at radius 3 is 2.18 bits per heavy atom. The summed E-state index contributed by atoms with van der Waals surface area (Å²) in [6.45, 7) is 16.7. The minimum Gasteiger partial charge on any atom is -0.456 e. The quantitative estimate of drug-likeness (QED) is 0.149. The molecule has 3 fully saturated rings. The molecule has 330 valence electrons. The molecule has 3 aliphatic carbocycles. The molecule has 0 aromatic heterocycles. The Bertz CT molecular complexity index is 1950. The summed E-state index contributed by atoms with van der Waals surface area (Å²) in [5.41, 5.74) is -7.90. The highest BCUT2D eigenvalue weighted by Gasteiger charge is 2.78. The lowest BCUT2D eigenvalue weighted by atomic mass is 9.44. The fourth-order valence-electron chi connectivity index (χ4n) is 9.44. The van der Waals surface area contributed by atoms with Gasteiger partial charge in [-0.2, -0.15) is 0 Å². The van der Waals surface area contributed by atoms with E-state index >= 15 is 4.79 Å². The van der Waals surface area contributed by atoms with Gasteiger partial charge in [0.25, 0.3) is 0 Å². The van der Waals surface area contributed by atoms with Gasteiger partial charge in [-0.15, -0.1) is 0 Å². The van der Waals surface area contributed by atoms with Crippen LogP contribution in [-0.4, -0.2) is 117 Å². The van der Waals surface area contributed by atoms with Crippen LogP contribution in [0, 0.1) is 16.7 Å². The van der Waals surface area contributed by atoms with E-state index in [1.165, 1.54) is 39.0 Å². The lowest BCUT2D eigenvalue weighted by molar-refractivity contribution is -0.346. The number of ketones is 1. The van der Waals surface area contributed by atoms with Crippen molar-refractivity contribution in [1.82, 2.24) is 5.32 Å². The van der Waals surface area contributed by atoms with Crippen molar-refractivity contribution >= 4 is 35.8 Å². The Kier molecular flexibility index (Phi) is 12.9. The molecule has 1 amide bonds. The number of fused-ring (bicyclic) bond motifs is 5. The number of esters is 4. The number of aliphatic hydroxyl groups excluding tert-OH is 2. The number of hydrogen-bond acceptors (Lipinski definition) is 15. The summed E-state index contributed by atoms with van der Waals surface area (Å²) in [6, 6.07) is 6.49. The van der Waals surface area contributed by atoms with Crippen LogP contribution < -0.4 is 5.32 Å². The molecule has 1 aromatic carbocycles. The molecule has 11 atom stereocenters. The first-order valence-corrected chi connectivity index (χ1v) is 20.2. The zero-order valence-corrected chi connectivity index (χ0v) is 36.2. The largest absolute Gasteiger partial charge is 0.456 e. The van der Waals surface area contributed by atoms with E-state index in [4.69, 9.17) is 28.4 Å². The second-order valence-electron chi connectivity index (χ2n) is 18.3. The van der Waals surface area contributed by atoms with E-state index in [-0.39, 0.29) is 36.2 Å². The lowest BCUT2D eigenvalue weighted by Crippen LogP contribution is -2.82. The van der Waals surface area contributed by atoms with E-state index in [0.29, 0.717) is 5.57 Å². The summed E-state index contributed by atoms with van der Waals surface area (Å²) in [5, 5.41) is 39.6. The molecular weight excluding hydrogens is 782 g/mol. The number of nitrogens with one attached hydrogen (secondary N) is 1. The predicted molar refractivity (Wildman–Crippen MR) is 212 cm³/mol. The Morgan fingerprint density at radius 1 is 1.02 bits per heavy atom. The van der Waals surface area contributed by atoms with Gasteiger partial charge in [-0.05, 0) is 71.7 Å². The fourth-order valence-corrected chi connectivity index (χ4v) is 9.44. The number of allylic oxidation sites excluding steroid dienone is 1. The molecule has 4 N–H and O–H groups in total. The molecule has 0 radical (unpaired) electrons. The van der Waals surface area contributed by atoms with Crippen molar-refractivity contribution in [1.29, 1.82) is 0 Å². The molecule has 2 bridgehead atoms. The van der Waals surface area contributed by atoms with Gasteiger partial charge in [0.1, 0.15) is 29.5 Å². The van der Waals surface area contributed by atoms with E-state index in [1.54, 1.807) is 66.7 Å². The minimum atomic E-state index is -2.38. The third kappa shape index (κ3) is 8.23. The van der Waals surface area contributed by atoms with Gasteiger partial charge in [-0.3, -0.25) is 14.4 Å². The molecule has 16 heteroatoms. The highest BCUT2D eigenvalue weighted by Crippen LogP contribution is 2.64. The van der Waals surface area contributed by atoms with E-state index in [9.17, 15) is 39.3 Å². The van der Waals surface area contributed by atoms with Crippen LogP contribution in [0.5, 0.6) is 0 Å². The van der Waals surface area contributed by atoms with E-state index in [2.05, 4.69) is 5.32 Å². The Labute approximate surface area is 349 Å². The summed E-state index contributed by atoms with van der Waals surface area (Å²) in [7, 11) is 0. The average molecular weight is 842 g/mol. The highest BCUT2D eigenvalue weighted by molar-refractivity contribution is 5.95. The van der Waals surface area contributed by atoms with Crippen molar-refractivity contribution in [2.24, 2.45) is 16.7 Å². The molecular formula is C44H59NO15. The number of aliphatic hydroxyl groups is 3. The van der Waals surface area contributed by atoms with Crippen LogP contribution in [0.15, 0.2) is 53.1 Å². The van der Waals surface area contributed by atoms with E-state index in [0.717, 1.165) is 6.92 Å². The SMILES string of the molecule is CCC(=O)O[C@H]1C(=O)[C@@]2(C)C(C(OC(=O)c3ccccc3)[C@]3(O)C[C@H](OC(=O)[C@H](O)[C@H](C=C(C)C)NC(=O)OC(C)(C)C)C(C)=C1C3(C)C)[C@]1(OC(C)=O)CO[C@@H]1C[C@@H]2O. The third-order valence-corrected chi connectivity index (χ3v) is 12.5. The first-order chi connectivity index (χ1) is 27.7. The van der Waals surface area contributed by atoms with E-state index in [1.807, 2.05) is 0 Å². The number of ether oxygens (including phenoxy) is 6. The maximum Gasteiger partial charge on any atom is 0.408 e. The zero-order chi connectivity index (χ0) is 44.9. The lowest BCUT2D eigenvalue weighted by Gasteiger charge is -2.67. The van der Waals surface area contributed by atoms with Crippen LogP contribution in [0.25, 0.3) is 0 Å². The third-order valence-electron chi connectivity index (χ3n) is 12.5. The number of hydrogen-bond donors (Lipinski definition) is 4. The van der Waals surface area contributed by atoms with Gasteiger partial charge in [0.15, 0.2) is 23.6 Å². The summed E-state index contributed by atoms with van der Waals surface area (Å²) >= 11 is 0. The molecule has 1 aliphatic heterocycles. The van der Waals surface area contributed by atoms with Gasteiger partial charge in [0.2, 0.25) is 0 Å². The first-order valence-electron chi connectivity index (χ1n) is 20.2. The Hall–Kier alpha value is -4.64. The van der Waals surface area contributed by atoms with Gasteiger partial charge < -0.3 is 49.1 Å². The number of alkyl carbamates (subject to hydrolysis) is 1. The number of Topliss-reactive ketones (excluding diaryl/α,β-unsaturated/α-hetero) is 1. The van der Waals surface area contributed by atoms with Crippen LogP contribution in [0.2, 0.25) is 0 Å². The topological polar surface area (TPSA) is 231 Å². The van der Waals surface area contributed by atoms with Gasteiger partial charge >= 0.3 is 30.0 Å². The van der Waals surface area contributed by atoms with Crippen LogP contribution in [-0.2, 0) is 47.6 Å². The average Bonchev–Trinajstić information content (AvgIpc) is 3.14. The van der Waals surface area contributed by atoms with Gasteiger partial charge in [-0.1, -0.05) is 50.6 Å². The van der Waals surface area contributed by atoms with Crippen molar-refractivity contribution in [3.8, 4) is 0 Å². The maximum absolute atomic E-state index is 15.5. The van der Waals surface area contributed by atoms with Gasteiger partial charge in [0.05, 0.1) is 35.6 Å². The summed E-state index contributed by atoms with van der Waals surface area (Å²) in [6.07, 6.45) is -10.1. The molecule has 60 heavy (non-hydrogen) atoms. The van der Waals surface area contributed by atoms with Crippen LogP contribution in [0.3, 0.4) is 0 Å². The fraction of sp³-hybridized carbons (Fsp3) is 0.636. The monoisotopic (exact) mass is 841 g/mol. The number of rotatable bonds is 10. The molecule has 1 aromatic rings. The van der Waals surface area contributed by atoms with Crippen LogP contribution in [0.4, 0.5) is 4.79 Å². The van der Waals surface area contributed by atoms with Gasteiger partial charge in [0, 0.05) is 31.6 Å². The van der Waals surface area contributed by atoms with E-state index < -0.39 is 118 Å². The standard InChI is InChI=1S/C44H59NO15/c1-12-30(48)57-33-31-23(4)27(56-38(52)32(49)26(18-22(2)3)45-39(53)60-40(6,7)8)20-44(54,41(31,9)10)36(58-37(51)25-16-14-13-15-17-25)34-42(11,35(33)50)28(47)19-29-43(34,21-55-29)59-24(5)46/h13-18,26-29,32-34,36,47,49,54H,12,19-21H2,1-11H3,(H,45,53)/t26-,27-,28-,29+,32+,33+,34?,36?,42+,43-,44+/m0/s1. The Balaban J connectivity index is 1.74. The number of carbonyl (C=O) groups is 6. The second-order valence-corrected chi connectivity index (χ2v) is 18.3.